The molecule has 1 heterocycles. The van der Waals surface area contributed by atoms with Crippen molar-refractivity contribution >= 4 is 0 Å². The highest BCUT2D eigenvalue weighted by Gasteiger charge is 2.06. The van der Waals surface area contributed by atoms with Crippen LogP contribution in [0, 0.1) is 11.8 Å². The van der Waals surface area contributed by atoms with E-state index in [1.165, 1.54) is 9.13 Å². The van der Waals surface area contributed by atoms with Crippen molar-refractivity contribution in [1.29, 1.82) is 0 Å². The third-order valence-electron chi connectivity index (χ3n) is 2.91. The molecule has 0 saturated carbocycles. The second-order valence-electron chi connectivity index (χ2n) is 4.26. The van der Waals surface area contributed by atoms with Gasteiger partial charge in [-0.1, -0.05) is 5.92 Å². The lowest BCUT2D eigenvalue weighted by atomic mass is 10.3. The molecule has 0 aliphatic heterocycles. The first-order chi connectivity index (χ1) is 10.2. The van der Waals surface area contributed by atoms with Crippen LogP contribution in [-0.4, -0.2) is 15.7 Å². The van der Waals surface area contributed by atoms with Gasteiger partial charge in [0.05, 0.1) is 13.2 Å². The molecule has 0 saturated heterocycles. The molecule has 0 fully saturated rings. The van der Waals surface area contributed by atoms with Crippen molar-refractivity contribution in [3.05, 3.63) is 57.4 Å². The second kappa shape index (κ2) is 6.62. The van der Waals surface area contributed by atoms with Crippen LogP contribution in [0.15, 0.2) is 46.2 Å². The number of hydrogen-bond acceptors (Lipinski definition) is 3. The van der Waals surface area contributed by atoms with E-state index >= 15 is 0 Å². The molecule has 2 rings (SSSR count). The minimum atomic E-state index is -0.598. The van der Waals surface area contributed by atoms with Crippen molar-refractivity contribution in [1.82, 2.24) is 9.13 Å². The van der Waals surface area contributed by atoms with Crippen molar-refractivity contribution in [3.8, 4) is 23.3 Å². The van der Waals surface area contributed by atoms with Gasteiger partial charge in [-0.2, -0.15) is 0 Å². The van der Waals surface area contributed by atoms with E-state index in [4.69, 9.17) is 4.74 Å². The van der Waals surface area contributed by atoms with Gasteiger partial charge in [0, 0.05) is 18.1 Å². The summed E-state index contributed by atoms with van der Waals surface area (Å²) in [6, 6.07) is 7.00. The second-order valence-corrected chi connectivity index (χ2v) is 4.26. The minimum Gasteiger partial charge on any atom is -0.494 e. The van der Waals surface area contributed by atoms with E-state index < -0.39 is 11.1 Å². The topological polar surface area (TPSA) is 53.2 Å². The predicted octanol–water partition coefficient (Wildman–Crippen LogP) is 1.42. The van der Waals surface area contributed by atoms with Crippen LogP contribution in [-0.2, 0) is 6.54 Å². The van der Waals surface area contributed by atoms with Crippen molar-refractivity contribution in [2.45, 2.75) is 20.4 Å². The average Bonchev–Trinajstić information content (AvgIpc) is 2.50. The number of ether oxygens (including phenoxy) is 1. The van der Waals surface area contributed by atoms with Gasteiger partial charge in [0.25, 0.3) is 0 Å². The van der Waals surface area contributed by atoms with E-state index in [1.54, 1.807) is 43.6 Å². The maximum atomic E-state index is 12.1. The molecule has 0 N–H and O–H groups in total. The highest BCUT2D eigenvalue weighted by Crippen LogP contribution is 2.13. The van der Waals surface area contributed by atoms with Crippen LogP contribution in [0.1, 0.15) is 13.8 Å². The minimum absolute atomic E-state index is 0.217. The summed E-state index contributed by atoms with van der Waals surface area (Å²) in [5, 5.41) is 0. The molecule has 1 aromatic heterocycles. The smallest absolute Gasteiger partial charge is 0.321 e. The van der Waals surface area contributed by atoms with Gasteiger partial charge in [0.1, 0.15) is 5.75 Å². The predicted molar refractivity (Wildman–Crippen MR) is 80.9 cm³/mol. The van der Waals surface area contributed by atoms with Crippen LogP contribution < -0.4 is 15.9 Å². The van der Waals surface area contributed by atoms with Crippen LogP contribution in [0.2, 0.25) is 0 Å². The lowest BCUT2D eigenvalue weighted by molar-refractivity contribution is 0.340. The van der Waals surface area contributed by atoms with Crippen LogP contribution in [0.25, 0.3) is 5.69 Å². The Labute approximate surface area is 122 Å². The molecule has 0 amide bonds. The largest absolute Gasteiger partial charge is 0.494 e. The molecule has 0 spiro atoms. The molecule has 5 heteroatoms. The Morgan fingerprint density at radius 1 is 1.10 bits per heavy atom. The molecule has 0 bridgehead atoms. The first kappa shape index (κ1) is 14.7. The Bertz CT molecular complexity index is 789. The zero-order chi connectivity index (χ0) is 15.2. The summed E-state index contributed by atoms with van der Waals surface area (Å²) in [6.45, 7) is 4.38. The summed E-state index contributed by atoms with van der Waals surface area (Å²) >= 11 is 0. The molecule has 21 heavy (non-hydrogen) atoms. The maximum Gasteiger partial charge on any atom is 0.321 e. The molecular weight excluding hydrogens is 268 g/mol. The van der Waals surface area contributed by atoms with E-state index in [1.807, 2.05) is 6.92 Å². The van der Waals surface area contributed by atoms with Crippen molar-refractivity contribution in [3.63, 3.8) is 0 Å². The Balaban J connectivity index is 2.40. The fourth-order valence-corrected chi connectivity index (χ4v) is 1.87. The monoisotopic (exact) mass is 284 g/mol. The van der Waals surface area contributed by atoms with Gasteiger partial charge in [-0.15, -0.1) is 5.92 Å². The molecule has 5 nitrogen and oxygen atoms in total. The lowest BCUT2D eigenvalue weighted by Gasteiger charge is -2.08. The van der Waals surface area contributed by atoms with Gasteiger partial charge in [-0.3, -0.25) is 18.7 Å². The Morgan fingerprint density at radius 3 is 2.43 bits per heavy atom. The number of rotatable bonds is 4. The van der Waals surface area contributed by atoms with Gasteiger partial charge < -0.3 is 4.74 Å². The number of aromatic nitrogens is 2. The fourth-order valence-electron chi connectivity index (χ4n) is 1.87. The fraction of sp³-hybridized carbons (Fsp3) is 0.250. The lowest BCUT2D eigenvalue weighted by Crippen LogP contribution is -2.39. The van der Waals surface area contributed by atoms with Crippen molar-refractivity contribution in [2.24, 2.45) is 0 Å². The van der Waals surface area contributed by atoms with E-state index in [0.29, 0.717) is 12.3 Å². The number of benzene rings is 1. The Morgan fingerprint density at radius 2 is 1.81 bits per heavy atom. The molecule has 0 atom stereocenters. The number of hydrogen-bond donors (Lipinski definition) is 0. The Hall–Kier alpha value is -2.74. The summed E-state index contributed by atoms with van der Waals surface area (Å²) < 4.78 is 7.95. The summed E-state index contributed by atoms with van der Waals surface area (Å²) in [4.78, 5) is 24.1. The molecule has 0 radical (unpaired) electrons. The zero-order valence-electron chi connectivity index (χ0n) is 12.0. The Kier molecular flexibility index (Phi) is 4.62. The normalized spacial score (nSPS) is 9.81. The first-order valence-electron chi connectivity index (χ1n) is 6.62. The van der Waals surface area contributed by atoms with Crippen molar-refractivity contribution < 1.29 is 4.74 Å². The molecule has 0 aliphatic carbocycles. The number of nitrogens with zero attached hydrogens (tertiary/aromatic N) is 2. The summed E-state index contributed by atoms with van der Waals surface area (Å²) in [5.41, 5.74) is -0.567. The van der Waals surface area contributed by atoms with Gasteiger partial charge in [0.15, 0.2) is 0 Å². The van der Waals surface area contributed by atoms with Gasteiger partial charge in [-0.25, -0.2) is 0 Å². The highest BCUT2D eigenvalue weighted by atomic mass is 16.5. The van der Waals surface area contributed by atoms with Gasteiger partial charge >= 0.3 is 11.1 Å². The van der Waals surface area contributed by atoms with Crippen LogP contribution in [0.4, 0.5) is 0 Å². The molecule has 0 unspecified atom stereocenters. The molecule has 1 aromatic carbocycles. The summed E-state index contributed by atoms with van der Waals surface area (Å²) in [7, 11) is 0. The maximum absolute atomic E-state index is 12.1. The quantitative estimate of drug-likeness (QED) is 0.630. The molecule has 2 aromatic rings. The SMILES string of the molecule is CC#CCn1ccn(-c2ccc(OCC)cc2)c(=O)c1=O. The summed E-state index contributed by atoms with van der Waals surface area (Å²) in [5.74, 6) is 6.18. The van der Waals surface area contributed by atoms with E-state index in [2.05, 4.69) is 11.8 Å². The van der Waals surface area contributed by atoms with Crippen LogP contribution in [0.5, 0.6) is 5.75 Å². The first-order valence-corrected chi connectivity index (χ1v) is 6.62. The molecule has 108 valence electrons. The van der Waals surface area contributed by atoms with Gasteiger partial charge in [0.2, 0.25) is 0 Å². The van der Waals surface area contributed by atoms with Crippen LogP contribution in [0.3, 0.4) is 0 Å². The van der Waals surface area contributed by atoms with E-state index in [0.717, 1.165) is 5.75 Å². The standard InChI is InChI=1S/C16H16N2O3/c1-3-5-10-17-11-12-18(16(20)15(17)19)13-6-8-14(9-7-13)21-4-2/h6-9,11-12H,4,10H2,1-2H3. The molecule has 0 aliphatic rings. The highest BCUT2D eigenvalue weighted by molar-refractivity contribution is 5.37. The van der Waals surface area contributed by atoms with Crippen LogP contribution >= 0.6 is 0 Å². The zero-order valence-corrected chi connectivity index (χ0v) is 12.0. The third-order valence-corrected chi connectivity index (χ3v) is 2.91. The third kappa shape index (κ3) is 3.23. The molecular formula is C16H16N2O3. The van der Waals surface area contributed by atoms with Gasteiger partial charge in [-0.05, 0) is 38.1 Å². The van der Waals surface area contributed by atoms with E-state index in [9.17, 15) is 9.59 Å². The van der Waals surface area contributed by atoms with E-state index in [-0.39, 0.29) is 6.54 Å². The average molecular weight is 284 g/mol. The van der Waals surface area contributed by atoms with Crippen molar-refractivity contribution in [2.75, 3.05) is 6.61 Å². The summed E-state index contributed by atoms with van der Waals surface area (Å²) in [6.07, 6.45) is 3.13.